The van der Waals surface area contributed by atoms with E-state index >= 15 is 0 Å². The van der Waals surface area contributed by atoms with E-state index in [1.54, 1.807) is 23.1 Å². The summed E-state index contributed by atoms with van der Waals surface area (Å²) < 4.78 is 0. The standard InChI is InChI=1S/C24H31N5OS2/c1-29(19-9-12-25-13-10-19)23(30)22-14-17-16-27-24(26-11-4-3-8-21(17)32-22)28-18-6-5-7-20(15-18)31-2/h3,5,7-8,11,14-15,18-19,25H,4,6,9-10,12-13,16H2,1-2H3,(H,27,28)/b8-3-,26-11-. The minimum atomic E-state index is 0.111. The van der Waals surface area contributed by atoms with Gasteiger partial charge in [0, 0.05) is 35.5 Å². The average Bonchev–Trinajstić information content (AvgIpc) is 3.25. The normalized spacial score (nSPS) is 25.1. The number of aliphatic imine (C=N–C) groups is 2. The molecule has 1 fully saturated rings. The lowest BCUT2D eigenvalue weighted by atomic mass is 10.1. The molecule has 1 unspecified atom stereocenters. The molecular formula is C24H31N5OS2. The van der Waals surface area contributed by atoms with Crippen molar-refractivity contribution in [3.63, 3.8) is 0 Å². The minimum absolute atomic E-state index is 0.111. The first-order chi connectivity index (χ1) is 15.6. The van der Waals surface area contributed by atoms with Crippen LogP contribution in [-0.2, 0) is 6.54 Å². The molecule has 1 aromatic heterocycles. The van der Waals surface area contributed by atoms with Gasteiger partial charge in [-0.3, -0.25) is 4.79 Å². The van der Waals surface area contributed by atoms with Crippen molar-refractivity contribution in [1.82, 2.24) is 15.5 Å². The zero-order valence-corrected chi connectivity index (χ0v) is 20.3. The van der Waals surface area contributed by atoms with Gasteiger partial charge in [-0.05, 0) is 62.4 Å². The first-order valence-corrected chi connectivity index (χ1v) is 13.2. The van der Waals surface area contributed by atoms with E-state index in [0.717, 1.165) is 54.1 Å². The number of amides is 1. The lowest BCUT2D eigenvalue weighted by Crippen LogP contribution is -2.43. The van der Waals surface area contributed by atoms with E-state index in [1.807, 2.05) is 24.2 Å². The Labute approximate surface area is 198 Å². The number of thiophene rings is 1. The van der Waals surface area contributed by atoms with Gasteiger partial charge in [-0.2, -0.15) is 0 Å². The molecule has 1 amide bonds. The second-order valence-electron chi connectivity index (χ2n) is 8.15. The summed E-state index contributed by atoms with van der Waals surface area (Å²) in [5, 5.41) is 6.84. The summed E-state index contributed by atoms with van der Waals surface area (Å²) in [5.41, 5.74) is 1.08. The third kappa shape index (κ3) is 5.79. The average molecular weight is 470 g/mol. The molecule has 3 aliphatic rings. The molecule has 1 atom stereocenters. The van der Waals surface area contributed by atoms with Crippen LogP contribution in [0.1, 0.15) is 45.8 Å². The lowest BCUT2D eigenvalue weighted by molar-refractivity contribution is 0.0708. The Bertz CT molecular complexity index is 969. The predicted molar refractivity (Wildman–Crippen MR) is 138 cm³/mol. The second kappa shape index (κ2) is 11.1. The van der Waals surface area contributed by atoms with Crippen LogP contribution >= 0.6 is 23.1 Å². The Morgan fingerprint density at radius 3 is 2.94 bits per heavy atom. The number of allylic oxidation sites excluding steroid dienone is 2. The van der Waals surface area contributed by atoms with E-state index in [1.165, 1.54) is 4.91 Å². The zero-order valence-electron chi connectivity index (χ0n) is 18.7. The number of piperidine rings is 1. The summed E-state index contributed by atoms with van der Waals surface area (Å²) in [6.45, 7) is 2.45. The van der Waals surface area contributed by atoms with Crippen LogP contribution in [0.15, 0.2) is 45.3 Å². The van der Waals surface area contributed by atoms with Crippen LogP contribution in [0.5, 0.6) is 0 Å². The molecule has 2 aliphatic heterocycles. The maximum atomic E-state index is 13.2. The van der Waals surface area contributed by atoms with Crippen molar-refractivity contribution in [3.8, 4) is 0 Å². The number of hydrogen-bond donors (Lipinski definition) is 2. The van der Waals surface area contributed by atoms with Crippen molar-refractivity contribution < 1.29 is 4.79 Å². The van der Waals surface area contributed by atoms with Crippen molar-refractivity contribution in [2.75, 3.05) is 26.4 Å². The van der Waals surface area contributed by atoms with E-state index in [4.69, 9.17) is 4.99 Å². The molecule has 0 radical (unpaired) electrons. The first-order valence-electron chi connectivity index (χ1n) is 11.2. The van der Waals surface area contributed by atoms with Crippen LogP contribution in [0.2, 0.25) is 0 Å². The smallest absolute Gasteiger partial charge is 0.263 e. The van der Waals surface area contributed by atoms with E-state index in [9.17, 15) is 4.79 Å². The van der Waals surface area contributed by atoms with Crippen molar-refractivity contribution in [1.29, 1.82) is 0 Å². The van der Waals surface area contributed by atoms with Gasteiger partial charge in [-0.15, -0.1) is 23.1 Å². The minimum Gasteiger partial charge on any atom is -0.348 e. The predicted octanol–water partition coefficient (Wildman–Crippen LogP) is 4.08. The molecule has 170 valence electrons. The largest absolute Gasteiger partial charge is 0.348 e. The van der Waals surface area contributed by atoms with Crippen LogP contribution < -0.4 is 10.6 Å². The SMILES string of the molecule is CSC1=CC(NC2=N/Cc3cc(C(=O)N(C)C4CCNCC4)sc3/C=C\C/C=N\2)CC=C1. The fourth-order valence-corrected chi connectivity index (χ4v) is 5.68. The third-order valence-electron chi connectivity index (χ3n) is 5.94. The highest BCUT2D eigenvalue weighted by Gasteiger charge is 2.25. The van der Waals surface area contributed by atoms with Crippen LogP contribution in [0.4, 0.5) is 0 Å². The molecular weight excluding hydrogens is 438 g/mol. The Kier molecular flexibility index (Phi) is 8.00. The Hall–Kier alpha value is -2.16. The molecule has 6 nitrogen and oxygen atoms in total. The quantitative estimate of drug-likeness (QED) is 0.697. The van der Waals surface area contributed by atoms with Gasteiger partial charge in [0.2, 0.25) is 5.96 Å². The highest BCUT2D eigenvalue weighted by molar-refractivity contribution is 8.02. The number of hydrogen-bond acceptors (Lipinski definition) is 7. The van der Waals surface area contributed by atoms with Crippen LogP contribution in [0, 0.1) is 0 Å². The number of thioether (sulfide) groups is 1. The molecule has 4 rings (SSSR count). The number of carbonyl (C=O) groups is 1. The van der Waals surface area contributed by atoms with E-state index < -0.39 is 0 Å². The Morgan fingerprint density at radius 2 is 2.12 bits per heavy atom. The Morgan fingerprint density at radius 1 is 1.28 bits per heavy atom. The molecule has 1 saturated heterocycles. The highest BCUT2D eigenvalue weighted by atomic mass is 32.2. The fourth-order valence-electron chi connectivity index (χ4n) is 4.06. The van der Waals surface area contributed by atoms with E-state index in [0.29, 0.717) is 18.5 Å². The fraction of sp³-hybridized carbons (Fsp3) is 0.458. The molecule has 0 saturated carbocycles. The number of rotatable bonds is 4. The summed E-state index contributed by atoms with van der Waals surface area (Å²) in [7, 11) is 1.93. The summed E-state index contributed by atoms with van der Waals surface area (Å²) >= 11 is 3.31. The van der Waals surface area contributed by atoms with E-state index in [2.05, 4.69) is 52.3 Å². The van der Waals surface area contributed by atoms with Gasteiger partial charge in [0.25, 0.3) is 5.91 Å². The molecule has 8 heteroatoms. The van der Waals surface area contributed by atoms with Gasteiger partial charge in [-0.1, -0.05) is 18.2 Å². The number of nitrogens with one attached hydrogen (secondary N) is 2. The van der Waals surface area contributed by atoms with Crippen molar-refractivity contribution in [3.05, 3.63) is 50.6 Å². The highest BCUT2D eigenvalue weighted by Crippen LogP contribution is 2.28. The first kappa shape index (κ1) is 23.0. The second-order valence-corrected chi connectivity index (χ2v) is 10.1. The topological polar surface area (TPSA) is 69.1 Å². The number of nitrogens with zero attached hydrogens (tertiary/aromatic N) is 3. The molecule has 3 heterocycles. The maximum Gasteiger partial charge on any atom is 0.263 e. The number of guanidine groups is 1. The van der Waals surface area contributed by atoms with Crippen molar-refractivity contribution >= 4 is 47.3 Å². The van der Waals surface area contributed by atoms with Crippen molar-refractivity contribution in [2.24, 2.45) is 9.98 Å². The van der Waals surface area contributed by atoms with Gasteiger partial charge in [0.05, 0.1) is 17.5 Å². The molecule has 0 aromatic carbocycles. The monoisotopic (exact) mass is 469 g/mol. The van der Waals surface area contributed by atoms with E-state index in [-0.39, 0.29) is 11.9 Å². The van der Waals surface area contributed by atoms with Gasteiger partial charge in [0.15, 0.2) is 0 Å². The van der Waals surface area contributed by atoms with Crippen molar-refractivity contribution in [2.45, 2.75) is 44.3 Å². The number of carbonyl (C=O) groups excluding carboxylic acids is 1. The molecule has 0 bridgehead atoms. The molecule has 1 aliphatic carbocycles. The third-order valence-corrected chi connectivity index (χ3v) is 7.81. The molecule has 32 heavy (non-hydrogen) atoms. The van der Waals surface area contributed by atoms with Gasteiger partial charge >= 0.3 is 0 Å². The molecule has 0 spiro atoms. The summed E-state index contributed by atoms with van der Waals surface area (Å²) in [6, 6.07) is 2.52. The Balaban J connectivity index is 1.50. The van der Waals surface area contributed by atoms with Gasteiger partial charge in [-0.25, -0.2) is 9.98 Å². The van der Waals surface area contributed by atoms with Crippen LogP contribution in [0.3, 0.4) is 0 Å². The zero-order chi connectivity index (χ0) is 22.3. The summed E-state index contributed by atoms with van der Waals surface area (Å²) in [5.74, 6) is 0.758. The molecule has 2 N–H and O–H groups in total. The lowest BCUT2D eigenvalue weighted by Gasteiger charge is -2.31. The summed E-state index contributed by atoms with van der Waals surface area (Å²) in [6.07, 6.45) is 18.4. The van der Waals surface area contributed by atoms with Gasteiger partial charge in [0.1, 0.15) is 0 Å². The molecule has 1 aromatic rings. The van der Waals surface area contributed by atoms with Gasteiger partial charge < -0.3 is 15.5 Å². The number of fused-ring (bicyclic) bond motifs is 1. The van der Waals surface area contributed by atoms with Crippen LogP contribution in [-0.4, -0.2) is 61.5 Å². The maximum absolute atomic E-state index is 13.2. The van der Waals surface area contributed by atoms with Crippen LogP contribution in [0.25, 0.3) is 6.08 Å². The summed E-state index contributed by atoms with van der Waals surface area (Å²) in [4.78, 5) is 27.6.